The molecule has 23 heavy (non-hydrogen) atoms. The lowest BCUT2D eigenvalue weighted by atomic mass is 10.1. The molecule has 1 aromatic carbocycles. The Kier molecular flexibility index (Phi) is 8.50. The van der Waals surface area contributed by atoms with Gasteiger partial charge in [-0.15, -0.1) is 0 Å². The first-order valence-corrected chi connectivity index (χ1v) is 7.94. The fraction of sp³-hybridized carbons (Fsp3) is 0.444. The van der Waals surface area contributed by atoms with Gasteiger partial charge in [0.25, 0.3) is 0 Å². The number of anilines is 1. The summed E-state index contributed by atoms with van der Waals surface area (Å²) < 4.78 is 10.2. The number of carbonyl (C=O) groups excluding carboxylic acids is 2. The monoisotopic (exact) mass is 319 g/mol. The van der Waals surface area contributed by atoms with Crippen molar-refractivity contribution in [3.63, 3.8) is 0 Å². The molecule has 1 aromatic rings. The van der Waals surface area contributed by atoms with E-state index in [0.717, 1.165) is 19.3 Å². The number of hydrogen-bond acceptors (Lipinski definition) is 5. The van der Waals surface area contributed by atoms with Crippen LogP contribution in [0.25, 0.3) is 0 Å². The number of nitrogens with one attached hydrogen (secondary N) is 1. The molecular weight excluding hydrogens is 294 g/mol. The average Bonchev–Trinajstić information content (AvgIpc) is 2.56. The molecule has 0 saturated carbocycles. The van der Waals surface area contributed by atoms with Crippen molar-refractivity contribution in [1.82, 2.24) is 0 Å². The Morgan fingerprint density at radius 3 is 2.57 bits per heavy atom. The number of rotatable bonds is 10. The van der Waals surface area contributed by atoms with Gasteiger partial charge in [0.15, 0.2) is 5.78 Å². The van der Waals surface area contributed by atoms with Crippen molar-refractivity contribution in [1.29, 1.82) is 0 Å². The van der Waals surface area contributed by atoms with Gasteiger partial charge in [-0.1, -0.05) is 31.9 Å². The number of hydrogen-bond donors (Lipinski definition) is 1. The van der Waals surface area contributed by atoms with Gasteiger partial charge in [-0.05, 0) is 25.5 Å². The van der Waals surface area contributed by atoms with Crippen molar-refractivity contribution in [2.24, 2.45) is 0 Å². The molecule has 0 aromatic heterocycles. The zero-order valence-corrected chi connectivity index (χ0v) is 14.1. The molecule has 5 nitrogen and oxygen atoms in total. The van der Waals surface area contributed by atoms with Crippen LogP contribution in [0.1, 0.15) is 39.5 Å². The number of ketones is 1. The smallest absolute Gasteiger partial charge is 0.343 e. The van der Waals surface area contributed by atoms with Crippen LogP contribution in [0, 0.1) is 0 Å². The van der Waals surface area contributed by atoms with Gasteiger partial charge in [0, 0.05) is 12.6 Å². The number of carbonyl (C=O) groups is 2. The fourth-order valence-electron chi connectivity index (χ4n) is 2.05. The van der Waals surface area contributed by atoms with Gasteiger partial charge in [0.2, 0.25) is 0 Å². The van der Waals surface area contributed by atoms with E-state index in [1.54, 1.807) is 26.2 Å². The van der Waals surface area contributed by atoms with E-state index in [4.69, 9.17) is 9.47 Å². The molecule has 0 heterocycles. The van der Waals surface area contributed by atoms with E-state index >= 15 is 0 Å². The van der Waals surface area contributed by atoms with Crippen molar-refractivity contribution in [3.8, 4) is 5.75 Å². The number of methoxy groups -OCH3 is 1. The van der Waals surface area contributed by atoms with Gasteiger partial charge < -0.3 is 14.8 Å². The lowest BCUT2D eigenvalue weighted by Crippen LogP contribution is -2.17. The first-order valence-electron chi connectivity index (χ1n) is 7.94. The molecule has 0 aliphatic heterocycles. The number of para-hydroxylation sites is 2. The summed E-state index contributed by atoms with van der Waals surface area (Å²) in [5, 5.41) is 2.97. The standard InChI is InChI=1S/C18H25NO4/c1-4-6-7-11-16(20)14(18(21)23-5-2)13-19-15-10-8-9-12-17(15)22-3/h8-10,12-13,19H,4-7,11H2,1-3H3/b14-13-. The summed E-state index contributed by atoms with van der Waals surface area (Å²) in [5.74, 6) is -0.180. The predicted molar refractivity (Wildman–Crippen MR) is 90.5 cm³/mol. The minimum absolute atomic E-state index is 0.0360. The van der Waals surface area contributed by atoms with E-state index in [1.807, 2.05) is 12.1 Å². The maximum Gasteiger partial charge on any atom is 0.343 e. The molecule has 0 amide bonds. The molecular formula is C18H25NO4. The van der Waals surface area contributed by atoms with Crippen molar-refractivity contribution in [3.05, 3.63) is 36.0 Å². The third-order valence-corrected chi connectivity index (χ3v) is 3.28. The van der Waals surface area contributed by atoms with Gasteiger partial charge in [0.05, 0.1) is 19.4 Å². The van der Waals surface area contributed by atoms with Crippen molar-refractivity contribution in [2.75, 3.05) is 19.0 Å². The Hall–Kier alpha value is -2.30. The van der Waals surface area contributed by atoms with E-state index in [1.165, 1.54) is 6.20 Å². The van der Waals surface area contributed by atoms with E-state index < -0.39 is 5.97 Å². The number of Topliss-reactive ketones (excluding diaryl/α,β-unsaturated/α-hetero) is 1. The Balaban J connectivity index is 2.89. The molecule has 1 N–H and O–H groups in total. The molecule has 1 rings (SSSR count). The second-order valence-corrected chi connectivity index (χ2v) is 5.00. The highest BCUT2D eigenvalue weighted by Crippen LogP contribution is 2.23. The third-order valence-electron chi connectivity index (χ3n) is 3.28. The minimum atomic E-state index is -0.601. The van der Waals surface area contributed by atoms with Gasteiger partial charge >= 0.3 is 5.97 Å². The highest BCUT2D eigenvalue weighted by atomic mass is 16.5. The molecule has 0 saturated heterocycles. The first-order chi connectivity index (χ1) is 11.1. The maximum atomic E-state index is 12.3. The summed E-state index contributed by atoms with van der Waals surface area (Å²) in [7, 11) is 1.56. The second kappa shape index (κ2) is 10.4. The zero-order chi connectivity index (χ0) is 17.1. The van der Waals surface area contributed by atoms with E-state index in [2.05, 4.69) is 12.2 Å². The Bertz CT molecular complexity index is 552. The van der Waals surface area contributed by atoms with Crippen LogP contribution in [0.2, 0.25) is 0 Å². The molecule has 126 valence electrons. The number of unbranched alkanes of at least 4 members (excludes halogenated alkanes) is 2. The predicted octanol–water partition coefficient (Wildman–Crippen LogP) is 3.70. The summed E-state index contributed by atoms with van der Waals surface area (Å²) in [6.45, 7) is 4.01. The van der Waals surface area contributed by atoms with Gasteiger partial charge in [-0.2, -0.15) is 0 Å². The molecule has 0 fully saturated rings. The van der Waals surface area contributed by atoms with E-state index in [-0.39, 0.29) is 18.0 Å². The van der Waals surface area contributed by atoms with Crippen LogP contribution < -0.4 is 10.1 Å². The van der Waals surface area contributed by atoms with Crippen molar-refractivity contribution in [2.45, 2.75) is 39.5 Å². The van der Waals surface area contributed by atoms with Crippen LogP contribution in [0.4, 0.5) is 5.69 Å². The zero-order valence-electron chi connectivity index (χ0n) is 14.1. The lowest BCUT2D eigenvalue weighted by molar-refractivity contribution is -0.140. The van der Waals surface area contributed by atoms with Crippen LogP contribution in [0.5, 0.6) is 5.75 Å². The minimum Gasteiger partial charge on any atom is -0.495 e. The molecule has 0 atom stereocenters. The molecule has 0 aliphatic rings. The fourth-order valence-corrected chi connectivity index (χ4v) is 2.05. The summed E-state index contributed by atoms with van der Waals surface area (Å²) in [6, 6.07) is 7.28. The first kappa shape index (κ1) is 18.7. The number of ether oxygens (including phenoxy) is 2. The van der Waals surface area contributed by atoms with E-state index in [0.29, 0.717) is 17.9 Å². The van der Waals surface area contributed by atoms with Crippen LogP contribution in [-0.2, 0) is 14.3 Å². The van der Waals surface area contributed by atoms with E-state index in [9.17, 15) is 9.59 Å². The molecule has 0 spiro atoms. The van der Waals surface area contributed by atoms with Crippen LogP contribution >= 0.6 is 0 Å². The summed E-state index contributed by atoms with van der Waals surface area (Å²) in [6.07, 6.45) is 4.49. The van der Waals surface area contributed by atoms with Gasteiger partial charge in [-0.3, -0.25) is 4.79 Å². The molecule has 0 unspecified atom stereocenters. The van der Waals surface area contributed by atoms with Crippen LogP contribution in [-0.4, -0.2) is 25.5 Å². The molecule has 5 heteroatoms. The summed E-state index contributed by atoms with van der Waals surface area (Å²) >= 11 is 0. The molecule has 0 bridgehead atoms. The summed E-state index contributed by atoms with van der Waals surface area (Å²) in [5.41, 5.74) is 0.715. The number of benzene rings is 1. The Morgan fingerprint density at radius 1 is 1.17 bits per heavy atom. The maximum absolute atomic E-state index is 12.3. The van der Waals surface area contributed by atoms with Crippen LogP contribution in [0.3, 0.4) is 0 Å². The quantitative estimate of drug-likeness (QED) is 0.234. The third kappa shape index (κ3) is 6.14. The lowest BCUT2D eigenvalue weighted by Gasteiger charge is -2.10. The SMILES string of the molecule is CCCCCC(=O)/C(=C/Nc1ccccc1OC)C(=O)OCC. The highest BCUT2D eigenvalue weighted by Gasteiger charge is 2.19. The summed E-state index contributed by atoms with van der Waals surface area (Å²) in [4.78, 5) is 24.3. The molecule has 0 aliphatic carbocycles. The Labute approximate surface area is 137 Å². The normalized spacial score (nSPS) is 11.0. The van der Waals surface area contributed by atoms with Crippen molar-refractivity contribution < 1.29 is 19.1 Å². The topological polar surface area (TPSA) is 64.6 Å². The second-order valence-electron chi connectivity index (χ2n) is 5.00. The van der Waals surface area contributed by atoms with Gasteiger partial charge in [-0.25, -0.2) is 4.79 Å². The average molecular weight is 319 g/mol. The van der Waals surface area contributed by atoms with Crippen molar-refractivity contribution >= 4 is 17.4 Å². The molecule has 0 radical (unpaired) electrons. The number of esters is 1. The highest BCUT2D eigenvalue weighted by molar-refractivity contribution is 6.17. The Morgan fingerprint density at radius 2 is 1.91 bits per heavy atom. The van der Waals surface area contributed by atoms with Gasteiger partial charge in [0.1, 0.15) is 11.3 Å². The van der Waals surface area contributed by atoms with Crippen LogP contribution in [0.15, 0.2) is 36.0 Å². The largest absolute Gasteiger partial charge is 0.495 e.